The zero-order valence-corrected chi connectivity index (χ0v) is 16.5. The second kappa shape index (κ2) is 11.7. The molecule has 0 atom stereocenters. The fourth-order valence-corrected chi connectivity index (χ4v) is 1.99. The van der Waals surface area contributed by atoms with E-state index in [-0.39, 0.29) is 24.0 Å². The number of hydrogen-bond acceptors (Lipinski definition) is 3. The van der Waals surface area contributed by atoms with Crippen molar-refractivity contribution >= 4 is 29.9 Å². The van der Waals surface area contributed by atoms with Crippen LogP contribution in [-0.2, 0) is 13.2 Å². The van der Waals surface area contributed by atoms with Crippen molar-refractivity contribution in [3.8, 4) is 5.75 Å². The molecule has 130 valence electrons. The molecule has 2 rings (SSSR count). The molecule has 1 aromatic heterocycles. The predicted molar refractivity (Wildman–Crippen MR) is 109 cm³/mol. The van der Waals surface area contributed by atoms with Crippen LogP contribution in [0.15, 0.2) is 53.7 Å². The molecule has 0 bridgehead atoms. The summed E-state index contributed by atoms with van der Waals surface area (Å²) >= 11 is 0. The van der Waals surface area contributed by atoms with Crippen LogP contribution in [0, 0.1) is 0 Å². The molecule has 0 aliphatic heterocycles. The first-order valence-corrected chi connectivity index (χ1v) is 7.88. The Labute approximate surface area is 161 Å². The molecule has 0 unspecified atom stereocenters. The first-order chi connectivity index (χ1) is 11.3. The Kier molecular flexibility index (Phi) is 9.83. The van der Waals surface area contributed by atoms with E-state index in [9.17, 15) is 0 Å². The first-order valence-electron chi connectivity index (χ1n) is 7.88. The molecule has 0 saturated carbocycles. The molecule has 0 saturated heterocycles. The largest absolute Gasteiger partial charge is 0.487 e. The normalized spacial score (nSPS) is 10.7. The number of rotatable bonds is 7. The molecular weight excluding hydrogens is 415 g/mol. The summed E-state index contributed by atoms with van der Waals surface area (Å²) in [4.78, 5) is 8.42. The zero-order valence-electron chi connectivity index (χ0n) is 14.2. The molecule has 2 N–H and O–H groups in total. The van der Waals surface area contributed by atoms with Gasteiger partial charge in [-0.1, -0.05) is 25.1 Å². The predicted octanol–water partition coefficient (Wildman–Crippen LogP) is 3.35. The van der Waals surface area contributed by atoms with E-state index in [1.807, 2.05) is 42.5 Å². The van der Waals surface area contributed by atoms with Crippen molar-refractivity contribution in [3.63, 3.8) is 0 Å². The van der Waals surface area contributed by atoms with Gasteiger partial charge in [-0.3, -0.25) is 9.98 Å². The number of benzene rings is 1. The third-order valence-electron chi connectivity index (χ3n) is 3.26. The Morgan fingerprint density at radius 1 is 1.12 bits per heavy atom. The molecule has 5 nitrogen and oxygen atoms in total. The van der Waals surface area contributed by atoms with E-state index in [0.717, 1.165) is 36.9 Å². The minimum Gasteiger partial charge on any atom is -0.487 e. The number of nitrogens with one attached hydrogen (secondary N) is 2. The monoisotopic (exact) mass is 440 g/mol. The van der Waals surface area contributed by atoms with E-state index in [1.54, 1.807) is 13.2 Å². The number of halogens is 1. The highest BCUT2D eigenvalue weighted by Crippen LogP contribution is 2.13. The van der Waals surface area contributed by atoms with Crippen LogP contribution in [0.2, 0.25) is 0 Å². The zero-order chi connectivity index (χ0) is 16.3. The molecule has 6 heteroatoms. The van der Waals surface area contributed by atoms with Gasteiger partial charge in [0.2, 0.25) is 0 Å². The molecule has 0 aliphatic carbocycles. The highest BCUT2D eigenvalue weighted by Gasteiger charge is 2.00. The van der Waals surface area contributed by atoms with Crippen molar-refractivity contribution in [2.75, 3.05) is 13.6 Å². The summed E-state index contributed by atoms with van der Waals surface area (Å²) in [6.07, 6.45) is 2.84. The van der Waals surface area contributed by atoms with Crippen LogP contribution in [0.25, 0.3) is 0 Å². The third kappa shape index (κ3) is 7.16. The van der Waals surface area contributed by atoms with Crippen LogP contribution in [0.5, 0.6) is 5.75 Å². The minimum absolute atomic E-state index is 0. The molecule has 0 radical (unpaired) electrons. The summed E-state index contributed by atoms with van der Waals surface area (Å²) < 4.78 is 5.73. The van der Waals surface area contributed by atoms with Crippen molar-refractivity contribution in [1.29, 1.82) is 0 Å². The lowest BCUT2D eigenvalue weighted by atomic mass is 10.2. The summed E-state index contributed by atoms with van der Waals surface area (Å²) in [5.41, 5.74) is 2.10. The lowest BCUT2D eigenvalue weighted by Gasteiger charge is -2.11. The van der Waals surface area contributed by atoms with Gasteiger partial charge in [0, 0.05) is 26.3 Å². The van der Waals surface area contributed by atoms with Gasteiger partial charge in [0.25, 0.3) is 0 Å². The Morgan fingerprint density at radius 3 is 2.54 bits per heavy atom. The SMILES string of the molecule is CCCNC(=NC)NCc1ccc(OCc2ccccn2)cc1.I. The van der Waals surface area contributed by atoms with Gasteiger partial charge in [-0.15, -0.1) is 24.0 Å². The number of guanidine groups is 1. The maximum atomic E-state index is 5.73. The molecule has 24 heavy (non-hydrogen) atoms. The highest BCUT2D eigenvalue weighted by molar-refractivity contribution is 14.0. The molecule has 2 aromatic rings. The number of nitrogens with zero attached hydrogens (tertiary/aromatic N) is 2. The fourth-order valence-electron chi connectivity index (χ4n) is 1.99. The van der Waals surface area contributed by atoms with E-state index in [2.05, 4.69) is 27.5 Å². The van der Waals surface area contributed by atoms with Crippen LogP contribution < -0.4 is 15.4 Å². The number of hydrogen-bond donors (Lipinski definition) is 2. The maximum Gasteiger partial charge on any atom is 0.191 e. The van der Waals surface area contributed by atoms with Gasteiger partial charge in [0.05, 0.1) is 5.69 Å². The van der Waals surface area contributed by atoms with Crippen LogP contribution in [0.3, 0.4) is 0 Å². The second-order valence-electron chi connectivity index (χ2n) is 5.11. The van der Waals surface area contributed by atoms with Gasteiger partial charge in [-0.2, -0.15) is 0 Å². The van der Waals surface area contributed by atoms with E-state index in [1.165, 1.54) is 5.56 Å². The van der Waals surface area contributed by atoms with Crippen LogP contribution >= 0.6 is 24.0 Å². The summed E-state index contributed by atoms with van der Waals surface area (Å²) in [6.45, 7) is 4.25. The van der Waals surface area contributed by atoms with Crippen molar-refractivity contribution in [3.05, 3.63) is 59.9 Å². The lowest BCUT2D eigenvalue weighted by Crippen LogP contribution is -2.37. The second-order valence-corrected chi connectivity index (χ2v) is 5.11. The first kappa shape index (κ1) is 20.2. The van der Waals surface area contributed by atoms with Gasteiger partial charge >= 0.3 is 0 Å². The van der Waals surface area contributed by atoms with Crippen molar-refractivity contribution in [2.45, 2.75) is 26.5 Å². The van der Waals surface area contributed by atoms with Gasteiger partial charge in [0.1, 0.15) is 12.4 Å². The summed E-state index contributed by atoms with van der Waals surface area (Å²) in [5.74, 6) is 1.66. The number of aromatic nitrogens is 1. The Morgan fingerprint density at radius 2 is 1.92 bits per heavy atom. The quantitative estimate of drug-likeness (QED) is 0.394. The van der Waals surface area contributed by atoms with E-state index >= 15 is 0 Å². The number of pyridine rings is 1. The van der Waals surface area contributed by atoms with Crippen molar-refractivity contribution in [1.82, 2.24) is 15.6 Å². The standard InChI is InChI=1S/C18H24N4O.HI/c1-3-11-21-18(19-2)22-13-15-7-9-17(10-8-15)23-14-16-6-4-5-12-20-16;/h4-10,12H,3,11,13-14H2,1-2H3,(H2,19,21,22);1H. The Balaban J connectivity index is 0.00000288. The fraction of sp³-hybridized carbons (Fsp3) is 0.333. The van der Waals surface area contributed by atoms with Gasteiger partial charge in [0.15, 0.2) is 5.96 Å². The maximum absolute atomic E-state index is 5.73. The highest BCUT2D eigenvalue weighted by atomic mass is 127. The molecule has 0 spiro atoms. The molecule has 0 aliphatic rings. The Bertz CT molecular complexity index is 602. The lowest BCUT2D eigenvalue weighted by molar-refractivity contribution is 0.301. The van der Waals surface area contributed by atoms with Crippen molar-refractivity contribution < 1.29 is 4.74 Å². The van der Waals surface area contributed by atoms with Gasteiger partial charge < -0.3 is 15.4 Å². The Hall–Kier alpha value is -1.83. The smallest absolute Gasteiger partial charge is 0.191 e. The third-order valence-corrected chi connectivity index (χ3v) is 3.26. The number of ether oxygens (including phenoxy) is 1. The molecular formula is C18H25IN4O. The van der Waals surface area contributed by atoms with Crippen LogP contribution in [0.4, 0.5) is 0 Å². The average Bonchev–Trinajstić information content (AvgIpc) is 2.62. The molecule has 0 fully saturated rings. The van der Waals surface area contributed by atoms with E-state index < -0.39 is 0 Å². The number of aliphatic imine (C=N–C) groups is 1. The van der Waals surface area contributed by atoms with E-state index in [4.69, 9.17) is 4.74 Å². The van der Waals surface area contributed by atoms with E-state index in [0.29, 0.717) is 6.61 Å². The van der Waals surface area contributed by atoms with Crippen molar-refractivity contribution in [2.24, 2.45) is 4.99 Å². The van der Waals surface area contributed by atoms with Crippen LogP contribution in [0.1, 0.15) is 24.6 Å². The average molecular weight is 440 g/mol. The topological polar surface area (TPSA) is 58.5 Å². The summed E-state index contributed by atoms with van der Waals surface area (Å²) in [6, 6.07) is 13.9. The van der Waals surface area contributed by atoms with Gasteiger partial charge in [-0.05, 0) is 36.2 Å². The molecule has 0 amide bonds. The molecule has 1 heterocycles. The summed E-state index contributed by atoms with van der Waals surface area (Å²) in [5, 5.41) is 6.53. The van der Waals surface area contributed by atoms with Crippen LogP contribution in [-0.4, -0.2) is 24.5 Å². The van der Waals surface area contributed by atoms with Gasteiger partial charge in [-0.25, -0.2) is 0 Å². The molecule has 1 aromatic carbocycles. The summed E-state index contributed by atoms with van der Waals surface area (Å²) in [7, 11) is 1.78. The minimum atomic E-state index is 0.